The van der Waals surface area contributed by atoms with Gasteiger partial charge in [0.2, 0.25) is 0 Å². The maximum absolute atomic E-state index is 5.73. The van der Waals surface area contributed by atoms with Crippen molar-refractivity contribution in [2.24, 2.45) is 10.9 Å². The Hall–Kier alpha value is -1.38. The highest BCUT2D eigenvalue weighted by molar-refractivity contribution is 7.13. The van der Waals surface area contributed by atoms with Gasteiger partial charge in [0.05, 0.1) is 18.9 Å². The molecule has 0 spiro atoms. The third-order valence-corrected chi connectivity index (χ3v) is 5.90. The molecule has 152 valence electrons. The molecule has 2 aliphatic heterocycles. The molecular formula is C19H33N5O2S. The molecule has 1 aromatic heterocycles. The van der Waals surface area contributed by atoms with E-state index in [0.29, 0.717) is 5.92 Å². The molecule has 0 bridgehead atoms. The van der Waals surface area contributed by atoms with Crippen LogP contribution in [-0.4, -0.2) is 70.6 Å². The zero-order valence-electron chi connectivity index (χ0n) is 16.4. The molecule has 1 unspecified atom stereocenters. The number of anilines is 1. The first-order chi connectivity index (χ1) is 13.3. The molecule has 0 amide bonds. The summed E-state index contributed by atoms with van der Waals surface area (Å²) in [6, 6.07) is 0. The Morgan fingerprint density at radius 3 is 3.00 bits per heavy atom. The van der Waals surface area contributed by atoms with Crippen LogP contribution in [0, 0.1) is 5.92 Å². The van der Waals surface area contributed by atoms with E-state index in [-0.39, 0.29) is 0 Å². The molecule has 0 aromatic carbocycles. The quantitative estimate of drug-likeness (QED) is 0.358. The predicted octanol–water partition coefficient (Wildman–Crippen LogP) is 1.89. The normalized spacial score (nSPS) is 20.4. The van der Waals surface area contributed by atoms with Crippen molar-refractivity contribution in [2.45, 2.75) is 32.1 Å². The van der Waals surface area contributed by atoms with Crippen LogP contribution in [-0.2, 0) is 15.9 Å². The van der Waals surface area contributed by atoms with Crippen LogP contribution in [0.1, 0.15) is 31.4 Å². The highest BCUT2D eigenvalue weighted by Crippen LogP contribution is 2.24. The maximum atomic E-state index is 5.73. The van der Waals surface area contributed by atoms with Crippen molar-refractivity contribution in [1.82, 2.24) is 15.6 Å². The molecule has 2 fully saturated rings. The molecule has 0 radical (unpaired) electrons. The smallest absolute Gasteiger partial charge is 0.190 e. The number of guanidine groups is 1. The van der Waals surface area contributed by atoms with Crippen molar-refractivity contribution in [2.75, 3.05) is 64.6 Å². The van der Waals surface area contributed by atoms with Crippen LogP contribution < -0.4 is 15.5 Å². The van der Waals surface area contributed by atoms with Crippen molar-refractivity contribution in [3.63, 3.8) is 0 Å². The van der Waals surface area contributed by atoms with E-state index in [0.717, 1.165) is 83.5 Å². The number of nitrogens with one attached hydrogen (secondary N) is 2. The molecule has 1 atom stereocenters. The minimum absolute atomic E-state index is 0.587. The summed E-state index contributed by atoms with van der Waals surface area (Å²) < 4.78 is 11.1. The Kier molecular flexibility index (Phi) is 8.64. The summed E-state index contributed by atoms with van der Waals surface area (Å²) in [6.07, 6.45) is 5.60. The first-order valence-corrected chi connectivity index (χ1v) is 11.0. The number of nitrogens with zero attached hydrogens (tertiary/aromatic N) is 3. The first kappa shape index (κ1) is 20.4. The summed E-state index contributed by atoms with van der Waals surface area (Å²) in [7, 11) is 1.81. The molecule has 2 N–H and O–H groups in total. The number of aliphatic imine (C=N–C) groups is 1. The number of ether oxygens (including phenoxy) is 2. The molecule has 0 saturated carbocycles. The summed E-state index contributed by atoms with van der Waals surface area (Å²) in [5, 5.41) is 10.1. The van der Waals surface area contributed by atoms with E-state index in [1.807, 2.05) is 0 Å². The summed E-state index contributed by atoms with van der Waals surface area (Å²) in [5.41, 5.74) is 1.16. The zero-order chi connectivity index (χ0) is 18.7. The van der Waals surface area contributed by atoms with Crippen molar-refractivity contribution in [3.8, 4) is 0 Å². The molecular weight excluding hydrogens is 362 g/mol. The van der Waals surface area contributed by atoms with E-state index in [1.54, 1.807) is 18.4 Å². The van der Waals surface area contributed by atoms with Crippen LogP contribution in [0.5, 0.6) is 0 Å². The van der Waals surface area contributed by atoms with Gasteiger partial charge in [-0.15, -0.1) is 11.3 Å². The third kappa shape index (κ3) is 6.93. The van der Waals surface area contributed by atoms with Crippen molar-refractivity contribution in [3.05, 3.63) is 11.1 Å². The highest BCUT2D eigenvalue weighted by Gasteiger charge is 2.16. The van der Waals surface area contributed by atoms with Gasteiger partial charge in [0.15, 0.2) is 11.1 Å². The number of aromatic nitrogens is 1. The number of hydrogen-bond acceptors (Lipinski definition) is 6. The molecule has 2 saturated heterocycles. The van der Waals surface area contributed by atoms with E-state index in [9.17, 15) is 0 Å². The number of thiazole rings is 1. The Morgan fingerprint density at radius 1 is 1.37 bits per heavy atom. The van der Waals surface area contributed by atoms with Gasteiger partial charge in [-0.25, -0.2) is 4.98 Å². The lowest BCUT2D eigenvalue weighted by Gasteiger charge is -2.13. The molecule has 0 aliphatic carbocycles. The van der Waals surface area contributed by atoms with E-state index >= 15 is 0 Å². The van der Waals surface area contributed by atoms with Crippen LogP contribution in [0.4, 0.5) is 5.13 Å². The van der Waals surface area contributed by atoms with Crippen LogP contribution >= 0.6 is 11.3 Å². The van der Waals surface area contributed by atoms with Crippen molar-refractivity contribution >= 4 is 22.4 Å². The molecule has 3 heterocycles. The summed E-state index contributed by atoms with van der Waals surface area (Å²) in [5.74, 6) is 1.43. The van der Waals surface area contributed by atoms with Gasteiger partial charge >= 0.3 is 0 Å². The lowest BCUT2D eigenvalue weighted by atomic mass is 10.1. The van der Waals surface area contributed by atoms with E-state index < -0.39 is 0 Å². The fourth-order valence-electron chi connectivity index (χ4n) is 3.34. The first-order valence-electron chi connectivity index (χ1n) is 10.1. The van der Waals surface area contributed by atoms with Crippen LogP contribution in [0.2, 0.25) is 0 Å². The Morgan fingerprint density at radius 2 is 2.22 bits per heavy atom. The van der Waals surface area contributed by atoms with Gasteiger partial charge in [0.1, 0.15) is 0 Å². The number of hydrogen-bond donors (Lipinski definition) is 2. The second-order valence-corrected chi connectivity index (χ2v) is 7.99. The van der Waals surface area contributed by atoms with E-state index in [4.69, 9.17) is 14.5 Å². The van der Waals surface area contributed by atoms with Gasteiger partial charge in [-0.1, -0.05) is 0 Å². The second kappa shape index (κ2) is 11.5. The zero-order valence-corrected chi connectivity index (χ0v) is 17.2. The van der Waals surface area contributed by atoms with Gasteiger partial charge in [0, 0.05) is 64.2 Å². The minimum Gasteiger partial charge on any atom is -0.381 e. The van der Waals surface area contributed by atoms with Crippen LogP contribution in [0.3, 0.4) is 0 Å². The fraction of sp³-hybridized carbons (Fsp3) is 0.789. The molecule has 27 heavy (non-hydrogen) atoms. The highest BCUT2D eigenvalue weighted by atomic mass is 32.1. The van der Waals surface area contributed by atoms with Crippen LogP contribution in [0.15, 0.2) is 10.4 Å². The molecule has 7 nitrogen and oxygen atoms in total. The van der Waals surface area contributed by atoms with E-state index in [1.165, 1.54) is 18.0 Å². The largest absolute Gasteiger partial charge is 0.381 e. The van der Waals surface area contributed by atoms with E-state index in [2.05, 4.69) is 25.9 Å². The molecule has 8 heteroatoms. The second-order valence-electron chi connectivity index (χ2n) is 7.15. The van der Waals surface area contributed by atoms with Crippen LogP contribution in [0.25, 0.3) is 0 Å². The molecule has 3 rings (SSSR count). The van der Waals surface area contributed by atoms with Gasteiger partial charge < -0.3 is 25.0 Å². The van der Waals surface area contributed by atoms with Crippen molar-refractivity contribution in [1.29, 1.82) is 0 Å². The summed E-state index contributed by atoms with van der Waals surface area (Å²) in [6.45, 7) is 7.33. The lowest BCUT2D eigenvalue weighted by molar-refractivity contribution is 0.0888. The fourth-order valence-corrected chi connectivity index (χ4v) is 4.25. The van der Waals surface area contributed by atoms with Gasteiger partial charge in [0.25, 0.3) is 0 Å². The Bertz CT molecular complexity index is 568. The summed E-state index contributed by atoms with van der Waals surface area (Å²) in [4.78, 5) is 11.4. The van der Waals surface area contributed by atoms with Gasteiger partial charge in [-0.3, -0.25) is 4.99 Å². The minimum atomic E-state index is 0.587. The topological polar surface area (TPSA) is 71.0 Å². The Labute approximate surface area is 166 Å². The molecule has 2 aliphatic rings. The molecule has 1 aromatic rings. The monoisotopic (exact) mass is 395 g/mol. The predicted molar refractivity (Wildman–Crippen MR) is 111 cm³/mol. The third-order valence-electron chi connectivity index (χ3n) is 4.95. The standard InChI is InChI=1S/C19H33N5O2S/c1-20-18(21-7-4-11-25-13-16-6-12-26-14-16)22-8-5-17-15-27-19(23-17)24-9-2-3-10-24/h15-16H,2-14H2,1H3,(H2,20,21,22). The number of rotatable bonds is 10. The van der Waals surface area contributed by atoms with Gasteiger partial charge in [-0.2, -0.15) is 0 Å². The average molecular weight is 396 g/mol. The SMILES string of the molecule is CN=C(NCCCOCC1CCOC1)NCCc1csc(N2CCCC2)n1. The van der Waals surface area contributed by atoms with Gasteiger partial charge in [-0.05, 0) is 25.7 Å². The van der Waals surface area contributed by atoms with Crippen molar-refractivity contribution < 1.29 is 9.47 Å². The lowest BCUT2D eigenvalue weighted by Crippen LogP contribution is -2.39. The average Bonchev–Trinajstić information content (AvgIpc) is 3.45. The summed E-state index contributed by atoms with van der Waals surface area (Å²) >= 11 is 1.76. The Balaban J connectivity index is 1.23. The maximum Gasteiger partial charge on any atom is 0.190 e.